The van der Waals surface area contributed by atoms with Crippen LogP contribution in [0.5, 0.6) is 0 Å². The second-order valence-electron chi connectivity index (χ2n) is 8.30. The number of aliphatic hydroxyl groups excluding tert-OH is 1. The number of carbonyl (C=O) groups excluding carboxylic acids is 1. The van der Waals surface area contributed by atoms with Crippen LogP contribution >= 0.6 is 8.18 Å². The van der Waals surface area contributed by atoms with Gasteiger partial charge in [-0.05, 0) is 25.0 Å². The van der Waals surface area contributed by atoms with Crippen LogP contribution in [0.2, 0.25) is 0 Å². The molecule has 13 heteroatoms. The molecule has 3 rings (SSSR count). The van der Waals surface area contributed by atoms with Crippen molar-refractivity contribution >= 4 is 25.5 Å². The molecule has 2 aromatic rings. The Morgan fingerprint density at radius 1 is 1.50 bits per heavy atom. The van der Waals surface area contributed by atoms with Gasteiger partial charge in [-0.15, -0.1) is 0 Å². The van der Waals surface area contributed by atoms with Gasteiger partial charge in [0.25, 0.3) is 8.18 Å². The number of nitrogens with zero attached hydrogens (tertiary/aromatic N) is 4. The molecule has 4 N–H and O–H groups in total. The molecule has 0 aliphatic carbocycles. The van der Waals surface area contributed by atoms with Gasteiger partial charge in [0.1, 0.15) is 30.1 Å². The zero-order valence-corrected chi connectivity index (χ0v) is 20.4. The normalized spacial score (nSPS) is 24.2. The molecule has 0 aromatic carbocycles. The number of ether oxygens (including phenoxy) is 2. The maximum absolute atomic E-state index is 12.4. The lowest BCUT2D eigenvalue weighted by atomic mass is 9.96. The van der Waals surface area contributed by atoms with Gasteiger partial charge in [-0.3, -0.25) is 9.36 Å². The van der Waals surface area contributed by atoms with Crippen LogP contribution in [0, 0.1) is 17.2 Å². The zero-order chi connectivity index (χ0) is 24.9. The third-order valence-corrected chi connectivity index (χ3v) is 7.13. The first-order chi connectivity index (χ1) is 16.2. The van der Waals surface area contributed by atoms with E-state index in [0.717, 1.165) is 12.8 Å². The zero-order valence-electron chi connectivity index (χ0n) is 19.4. The molecule has 12 nitrogen and oxygen atoms in total. The van der Waals surface area contributed by atoms with Crippen molar-refractivity contribution in [3.8, 4) is 6.07 Å². The monoisotopic (exact) mass is 494 g/mol. The summed E-state index contributed by atoms with van der Waals surface area (Å²) in [5.41, 5.74) is 5.25. The third-order valence-electron chi connectivity index (χ3n) is 6.04. The molecule has 1 fully saturated rings. The molecule has 2 aromatic heterocycles. The highest BCUT2D eigenvalue weighted by atomic mass is 31.1. The molecule has 1 unspecified atom stereocenters. The number of aromatic nitrogens is 3. The summed E-state index contributed by atoms with van der Waals surface area (Å²) in [7, 11) is -2.85. The number of nitrogen functional groups attached to an aromatic ring is 1. The maximum atomic E-state index is 12.4. The number of aliphatic hydroxyl groups is 1. The average molecular weight is 494 g/mol. The standard InChI is InChI=1S/C21H31N6O6P/c1-4-14(5-2)9-31-20(29)13(3)26-34(30)32-10-17-16(28)8-21(11-22,33-17)18-7-6-15-19(23)24-12-25-27(15)18/h6-7,12-14,16-17,28,34H,4-5,8-10H2,1-3H3,(H,26,30)(H2,23,24,25)/t13-,16-,17+,21-/m0/s1. The number of fused-ring (bicyclic) bond motifs is 1. The first-order valence-electron chi connectivity index (χ1n) is 11.2. The van der Waals surface area contributed by atoms with E-state index in [0.29, 0.717) is 17.8 Å². The minimum Gasteiger partial charge on any atom is -0.464 e. The summed E-state index contributed by atoms with van der Waals surface area (Å²) in [6.07, 6.45) is 1.05. The molecule has 0 spiro atoms. The highest BCUT2D eigenvalue weighted by Crippen LogP contribution is 2.40. The molecule has 0 radical (unpaired) electrons. The topological polar surface area (TPSA) is 174 Å². The Hall–Kier alpha value is -2.55. The maximum Gasteiger partial charge on any atom is 0.323 e. The van der Waals surface area contributed by atoms with Crippen molar-refractivity contribution in [1.29, 1.82) is 5.26 Å². The number of nitriles is 1. The summed E-state index contributed by atoms with van der Waals surface area (Å²) in [5, 5.41) is 27.1. The van der Waals surface area contributed by atoms with Gasteiger partial charge in [0.2, 0.25) is 0 Å². The van der Waals surface area contributed by atoms with Crippen LogP contribution in [0.4, 0.5) is 5.82 Å². The molecule has 1 aliphatic rings. The van der Waals surface area contributed by atoms with Crippen LogP contribution in [0.25, 0.3) is 5.52 Å². The largest absolute Gasteiger partial charge is 0.464 e. The van der Waals surface area contributed by atoms with E-state index in [1.165, 1.54) is 17.8 Å². The fourth-order valence-corrected chi connectivity index (χ4v) is 4.66. The van der Waals surface area contributed by atoms with Crippen molar-refractivity contribution in [2.45, 2.75) is 63.9 Å². The molecular formula is C21H31N6O6P. The summed E-state index contributed by atoms with van der Waals surface area (Å²) in [5.74, 6) is 0.00677. The number of hydrogen-bond acceptors (Lipinski definition) is 10. The van der Waals surface area contributed by atoms with E-state index < -0.39 is 38.0 Å². The van der Waals surface area contributed by atoms with Gasteiger partial charge in [-0.25, -0.2) is 14.6 Å². The Labute approximate surface area is 198 Å². The highest BCUT2D eigenvalue weighted by Gasteiger charge is 2.49. The second-order valence-corrected chi connectivity index (χ2v) is 9.46. The van der Waals surface area contributed by atoms with E-state index in [2.05, 4.69) is 21.2 Å². The fraction of sp³-hybridized carbons (Fsp3) is 0.619. The lowest BCUT2D eigenvalue weighted by Crippen LogP contribution is -2.33. The SMILES string of the molecule is CCC(CC)COC(=O)[C@H](C)N[PH](=O)OC[C@H]1O[C@@](C#N)(c2ccc3c(N)ncnn23)C[C@@H]1O. The number of hydrogen-bond donors (Lipinski definition) is 3. The minimum absolute atomic E-state index is 0.0410. The third kappa shape index (κ3) is 5.56. The van der Waals surface area contributed by atoms with E-state index in [4.69, 9.17) is 19.7 Å². The summed E-state index contributed by atoms with van der Waals surface area (Å²) in [6, 6.07) is 4.58. The van der Waals surface area contributed by atoms with Crippen molar-refractivity contribution < 1.29 is 28.5 Å². The van der Waals surface area contributed by atoms with Crippen LogP contribution < -0.4 is 10.8 Å². The van der Waals surface area contributed by atoms with E-state index in [1.54, 1.807) is 12.1 Å². The van der Waals surface area contributed by atoms with Crippen molar-refractivity contribution in [2.75, 3.05) is 18.9 Å². The van der Waals surface area contributed by atoms with Gasteiger partial charge in [0, 0.05) is 6.42 Å². The van der Waals surface area contributed by atoms with Crippen molar-refractivity contribution in [2.24, 2.45) is 5.92 Å². The van der Waals surface area contributed by atoms with E-state index in [9.17, 15) is 19.7 Å². The molecule has 34 heavy (non-hydrogen) atoms. The van der Waals surface area contributed by atoms with Gasteiger partial charge in [-0.1, -0.05) is 26.7 Å². The molecule has 1 saturated heterocycles. The Balaban J connectivity index is 1.57. The van der Waals surface area contributed by atoms with Gasteiger partial charge in [-0.2, -0.15) is 10.4 Å². The molecular weight excluding hydrogens is 463 g/mol. The first-order valence-corrected chi connectivity index (χ1v) is 12.5. The highest BCUT2D eigenvalue weighted by molar-refractivity contribution is 7.36. The molecule has 0 amide bonds. The first kappa shape index (κ1) is 26.1. The molecule has 1 aliphatic heterocycles. The molecule has 3 heterocycles. The summed E-state index contributed by atoms with van der Waals surface area (Å²) >= 11 is 0. The van der Waals surface area contributed by atoms with E-state index in [1.807, 2.05) is 13.8 Å². The number of esters is 1. The van der Waals surface area contributed by atoms with Gasteiger partial charge < -0.3 is 24.8 Å². The van der Waals surface area contributed by atoms with Crippen LogP contribution in [0.3, 0.4) is 0 Å². The molecule has 5 atom stereocenters. The predicted molar refractivity (Wildman–Crippen MR) is 123 cm³/mol. The Bertz CT molecular complexity index is 1070. The predicted octanol–water partition coefficient (Wildman–Crippen LogP) is 1.54. The fourth-order valence-electron chi connectivity index (χ4n) is 3.79. The van der Waals surface area contributed by atoms with Crippen LogP contribution in [-0.4, -0.2) is 57.1 Å². The smallest absolute Gasteiger partial charge is 0.323 e. The quantitative estimate of drug-likeness (QED) is 0.305. The lowest BCUT2D eigenvalue weighted by Gasteiger charge is -2.21. The number of carbonyl (C=O) groups is 1. The van der Waals surface area contributed by atoms with Crippen LogP contribution in [0.15, 0.2) is 18.5 Å². The second kappa shape index (κ2) is 11.3. The van der Waals surface area contributed by atoms with Gasteiger partial charge in [0.15, 0.2) is 11.4 Å². The van der Waals surface area contributed by atoms with Crippen molar-refractivity contribution in [1.82, 2.24) is 19.7 Å². The van der Waals surface area contributed by atoms with Crippen LogP contribution in [-0.2, 0) is 29.0 Å². The summed E-state index contributed by atoms with van der Waals surface area (Å²) < 4.78 is 30.3. The van der Waals surface area contributed by atoms with E-state index in [-0.39, 0.29) is 24.8 Å². The van der Waals surface area contributed by atoms with Crippen LogP contribution in [0.1, 0.15) is 45.7 Å². The Morgan fingerprint density at radius 3 is 2.91 bits per heavy atom. The van der Waals surface area contributed by atoms with E-state index >= 15 is 0 Å². The van der Waals surface area contributed by atoms with Gasteiger partial charge in [0.05, 0.1) is 25.0 Å². The van der Waals surface area contributed by atoms with Crippen molar-refractivity contribution in [3.05, 3.63) is 24.2 Å². The molecule has 0 bridgehead atoms. The lowest BCUT2D eigenvalue weighted by molar-refractivity contribution is -0.146. The summed E-state index contributed by atoms with van der Waals surface area (Å²) in [4.78, 5) is 16.0. The number of anilines is 1. The Morgan fingerprint density at radius 2 is 2.24 bits per heavy atom. The number of rotatable bonds is 11. The molecule has 186 valence electrons. The van der Waals surface area contributed by atoms with Gasteiger partial charge >= 0.3 is 5.97 Å². The molecule has 0 saturated carbocycles. The average Bonchev–Trinajstić information content (AvgIpc) is 3.40. The number of nitrogens with two attached hydrogens (primary N) is 1. The minimum atomic E-state index is -2.85. The summed E-state index contributed by atoms with van der Waals surface area (Å²) in [6.45, 7) is 5.65. The Kier molecular flexibility index (Phi) is 8.62. The number of nitrogens with one attached hydrogen (secondary N) is 1. The van der Waals surface area contributed by atoms with Crippen molar-refractivity contribution in [3.63, 3.8) is 0 Å².